The number of rotatable bonds is 4. The Labute approximate surface area is 94.3 Å². The predicted molar refractivity (Wildman–Crippen MR) is 62.7 cm³/mol. The van der Waals surface area contributed by atoms with Gasteiger partial charge in [-0.2, -0.15) is 0 Å². The summed E-state index contributed by atoms with van der Waals surface area (Å²) < 4.78 is 5.13. The number of ether oxygens (including phenoxy) is 1. The van der Waals surface area contributed by atoms with Crippen molar-refractivity contribution < 1.29 is 9.53 Å². The van der Waals surface area contributed by atoms with E-state index in [0.717, 1.165) is 4.90 Å². The molecule has 0 radical (unpaired) electrons. The summed E-state index contributed by atoms with van der Waals surface area (Å²) in [7, 11) is 0. The van der Waals surface area contributed by atoms with Crippen molar-refractivity contribution in [3.8, 4) is 0 Å². The molecule has 0 heterocycles. The van der Waals surface area contributed by atoms with E-state index in [2.05, 4.69) is 0 Å². The van der Waals surface area contributed by atoms with Crippen molar-refractivity contribution in [1.82, 2.24) is 0 Å². The molecular weight excluding hydrogens is 208 g/mol. The van der Waals surface area contributed by atoms with E-state index in [1.165, 1.54) is 17.8 Å². The predicted octanol–water partition coefficient (Wildman–Crippen LogP) is 3.24. The first-order chi connectivity index (χ1) is 7.22. The molecule has 1 rings (SSSR count). The molecule has 0 aliphatic carbocycles. The largest absolute Gasteiger partial charge is 0.448 e. The van der Waals surface area contributed by atoms with Gasteiger partial charge >= 0.3 is 5.97 Å². The lowest BCUT2D eigenvalue weighted by atomic mass is 10.4. The minimum atomic E-state index is -0.298. The van der Waals surface area contributed by atoms with Gasteiger partial charge in [0, 0.05) is 11.0 Å². The van der Waals surface area contributed by atoms with E-state index in [0.29, 0.717) is 0 Å². The van der Waals surface area contributed by atoms with Crippen LogP contribution in [0.15, 0.2) is 47.4 Å². The van der Waals surface area contributed by atoms with Crippen LogP contribution in [0.2, 0.25) is 0 Å². The van der Waals surface area contributed by atoms with Gasteiger partial charge in [0.2, 0.25) is 0 Å². The highest BCUT2D eigenvalue weighted by Crippen LogP contribution is 2.23. The van der Waals surface area contributed by atoms with E-state index in [-0.39, 0.29) is 11.4 Å². The Kier molecular flexibility index (Phi) is 4.98. The summed E-state index contributed by atoms with van der Waals surface area (Å²) in [5.74, 6) is -0.298. The molecule has 2 nitrogen and oxygen atoms in total. The molecule has 0 aliphatic heterocycles. The molecule has 0 bridgehead atoms. The standard InChI is InChI=1S/C12H14O2S/c1-3-7-12(13)14-10(2)15-11-8-5-4-6-9-11/h3-10H,1-2H3/b7-3+. The molecule has 80 valence electrons. The van der Waals surface area contributed by atoms with Gasteiger partial charge < -0.3 is 4.74 Å². The van der Waals surface area contributed by atoms with Gasteiger partial charge in [-0.25, -0.2) is 4.79 Å². The van der Waals surface area contributed by atoms with Crippen LogP contribution < -0.4 is 0 Å². The third-order valence-electron chi connectivity index (χ3n) is 1.63. The first-order valence-corrected chi connectivity index (χ1v) is 5.65. The third-order valence-corrected chi connectivity index (χ3v) is 2.60. The van der Waals surface area contributed by atoms with Gasteiger partial charge in [-0.3, -0.25) is 0 Å². The summed E-state index contributed by atoms with van der Waals surface area (Å²) >= 11 is 1.52. The van der Waals surface area contributed by atoms with Crippen LogP contribution in [-0.4, -0.2) is 11.4 Å². The van der Waals surface area contributed by atoms with Gasteiger partial charge in [0.15, 0.2) is 0 Å². The van der Waals surface area contributed by atoms with Gasteiger partial charge in [-0.1, -0.05) is 36.0 Å². The van der Waals surface area contributed by atoms with Gasteiger partial charge in [0.1, 0.15) is 5.44 Å². The maximum atomic E-state index is 11.1. The van der Waals surface area contributed by atoms with Crippen LogP contribution in [0.5, 0.6) is 0 Å². The second kappa shape index (κ2) is 6.30. The minimum Gasteiger partial charge on any atom is -0.448 e. The first-order valence-electron chi connectivity index (χ1n) is 4.77. The molecule has 1 aromatic rings. The molecule has 1 atom stereocenters. The number of carbonyl (C=O) groups excluding carboxylic acids is 1. The van der Waals surface area contributed by atoms with Crippen molar-refractivity contribution in [2.75, 3.05) is 0 Å². The second-order valence-electron chi connectivity index (χ2n) is 2.94. The number of allylic oxidation sites excluding steroid dienone is 1. The molecule has 0 saturated carbocycles. The quantitative estimate of drug-likeness (QED) is 0.338. The van der Waals surface area contributed by atoms with Gasteiger partial charge in [0.25, 0.3) is 0 Å². The third kappa shape index (κ3) is 4.70. The average Bonchev–Trinajstić information content (AvgIpc) is 2.19. The van der Waals surface area contributed by atoms with Crippen LogP contribution in [0.1, 0.15) is 13.8 Å². The molecule has 0 fully saturated rings. The normalized spacial score (nSPS) is 12.7. The maximum Gasteiger partial charge on any atom is 0.331 e. The molecule has 0 saturated heterocycles. The van der Waals surface area contributed by atoms with E-state index in [1.54, 1.807) is 13.0 Å². The summed E-state index contributed by atoms with van der Waals surface area (Å²) in [6, 6.07) is 9.86. The molecule has 0 N–H and O–H groups in total. The lowest BCUT2D eigenvalue weighted by Gasteiger charge is -2.10. The lowest BCUT2D eigenvalue weighted by molar-refractivity contribution is -0.138. The summed E-state index contributed by atoms with van der Waals surface area (Å²) in [6.45, 7) is 3.65. The fraction of sp³-hybridized carbons (Fsp3) is 0.250. The molecule has 1 unspecified atom stereocenters. The topological polar surface area (TPSA) is 26.3 Å². The first kappa shape index (κ1) is 11.9. The monoisotopic (exact) mass is 222 g/mol. The minimum absolute atomic E-state index is 0.170. The zero-order valence-electron chi connectivity index (χ0n) is 8.84. The molecule has 15 heavy (non-hydrogen) atoms. The maximum absolute atomic E-state index is 11.1. The van der Waals surface area contributed by atoms with Crippen LogP contribution in [0, 0.1) is 0 Å². The highest BCUT2D eigenvalue weighted by Gasteiger charge is 2.07. The average molecular weight is 222 g/mol. The van der Waals surface area contributed by atoms with E-state index >= 15 is 0 Å². The number of carbonyl (C=O) groups is 1. The number of hydrogen-bond donors (Lipinski definition) is 0. The molecule has 0 aromatic heterocycles. The SMILES string of the molecule is C/C=C/C(=O)OC(C)Sc1ccccc1. The van der Waals surface area contributed by atoms with E-state index in [4.69, 9.17) is 4.74 Å². The highest BCUT2D eigenvalue weighted by molar-refractivity contribution is 7.99. The molecule has 0 amide bonds. The van der Waals surface area contributed by atoms with Crippen molar-refractivity contribution in [3.63, 3.8) is 0 Å². The van der Waals surface area contributed by atoms with Gasteiger partial charge in [0.05, 0.1) is 0 Å². The van der Waals surface area contributed by atoms with Crippen molar-refractivity contribution in [2.24, 2.45) is 0 Å². The Hall–Kier alpha value is -1.22. The van der Waals surface area contributed by atoms with Crippen molar-refractivity contribution >= 4 is 17.7 Å². The van der Waals surface area contributed by atoms with Gasteiger partial charge in [-0.05, 0) is 26.0 Å². The molecule has 3 heteroatoms. The van der Waals surface area contributed by atoms with Crippen molar-refractivity contribution in [1.29, 1.82) is 0 Å². The molecule has 0 aliphatic rings. The van der Waals surface area contributed by atoms with E-state index in [9.17, 15) is 4.79 Å². The van der Waals surface area contributed by atoms with Crippen LogP contribution in [0.3, 0.4) is 0 Å². The van der Waals surface area contributed by atoms with Crippen molar-refractivity contribution in [2.45, 2.75) is 24.2 Å². The number of thioether (sulfide) groups is 1. The summed E-state index contributed by atoms with van der Waals surface area (Å²) in [4.78, 5) is 12.2. The van der Waals surface area contributed by atoms with E-state index < -0.39 is 0 Å². The van der Waals surface area contributed by atoms with E-state index in [1.807, 2.05) is 37.3 Å². The highest BCUT2D eigenvalue weighted by atomic mass is 32.2. The zero-order chi connectivity index (χ0) is 11.1. The zero-order valence-corrected chi connectivity index (χ0v) is 9.66. The number of hydrogen-bond acceptors (Lipinski definition) is 3. The summed E-state index contributed by atoms with van der Waals surface area (Å²) in [6.07, 6.45) is 3.09. The molecule has 1 aromatic carbocycles. The Morgan fingerprint density at radius 2 is 2.07 bits per heavy atom. The fourth-order valence-electron chi connectivity index (χ4n) is 1.05. The summed E-state index contributed by atoms with van der Waals surface area (Å²) in [5.41, 5.74) is -0.170. The number of esters is 1. The van der Waals surface area contributed by atoms with Crippen molar-refractivity contribution in [3.05, 3.63) is 42.5 Å². The summed E-state index contributed by atoms with van der Waals surface area (Å²) in [5, 5.41) is 0. The Morgan fingerprint density at radius 3 is 2.67 bits per heavy atom. The Bertz CT molecular complexity index is 333. The van der Waals surface area contributed by atoms with Crippen LogP contribution >= 0.6 is 11.8 Å². The Morgan fingerprint density at radius 1 is 1.40 bits per heavy atom. The lowest BCUT2D eigenvalue weighted by Crippen LogP contribution is -2.08. The fourth-order valence-corrected chi connectivity index (χ4v) is 1.89. The number of benzene rings is 1. The van der Waals surface area contributed by atoms with Crippen LogP contribution in [0.25, 0.3) is 0 Å². The van der Waals surface area contributed by atoms with Gasteiger partial charge in [-0.15, -0.1) is 0 Å². The molecular formula is C12H14O2S. The van der Waals surface area contributed by atoms with Crippen LogP contribution in [0.4, 0.5) is 0 Å². The second-order valence-corrected chi connectivity index (χ2v) is 4.31. The smallest absolute Gasteiger partial charge is 0.331 e. The Balaban J connectivity index is 2.43. The molecule has 0 spiro atoms. The van der Waals surface area contributed by atoms with Crippen LogP contribution in [-0.2, 0) is 9.53 Å².